The average molecular weight is 351 g/mol. The Morgan fingerprint density at radius 3 is 2.80 bits per heavy atom. The zero-order chi connectivity index (χ0) is 17.4. The third-order valence-electron chi connectivity index (χ3n) is 3.70. The van der Waals surface area contributed by atoms with Gasteiger partial charge in [0.05, 0.1) is 11.2 Å². The first-order valence-electron chi connectivity index (χ1n) is 7.57. The molecule has 1 amide bonds. The van der Waals surface area contributed by atoms with E-state index in [0.29, 0.717) is 27.4 Å². The fourth-order valence-electron chi connectivity index (χ4n) is 2.53. The average Bonchev–Trinajstić information content (AvgIpc) is 3.17. The van der Waals surface area contributed by atoms with E-state index in [1.807, 2.05) is 37.3 Å². The maximum Gasteiger partial charge on any atom is 0.417 e. The van der Waals surface area contributed by atoms with Gasteiger partial charge in [-0.3, -0.25) is 9.78 Å². The quantitative estimate of drug-likeness (QED) is 0.587. The van der Waals surface area contributed by atoms with E-state index in [4.69, 9.17) is 4.42 Å². The molecule has 0 unspecified atom stereocenters. The summed E-state index contributed by atoms with van der Waals surface area (Å²) in [6, 6.07) is 14.7. The molecule has 0 fully saturated rings. The number of hydrogen-bond acceptors (Lipinski definition) is 5. The van der Waals surface area contributed by atoms with Crippen molar-refractivity contribution in [2.24, 2.45) is 0 Å². The second kappa shape index (κ2) is 6.03. The van der Waals surface area contributed by atoms with E-state index in [0.717, 1.165) is 10.6 Å². The molecule has 25 heavy (non-hydrogen) atoms. The van der Waals surface area contributed by atoms with Crippen LogP contribution in [0.25, 0.3) is 21.7 Å². The van der Waals surface area contributed by atoms with Crippen LogP contribution in [-0.4, -0.2) is 15.9 Å². The number of fused-ring (bicyclic) bond motifs is 1. The Kier molecular flexibility index (Phi) is 3.70. The van der Waals surface area contributed by atoms with Gasteiger partial charge in [0.15, 0.2) is 5.58 Å². The molecule has 4 rings (SSSR count). The van der Waals surface area contributed by atoms with Crippen LogP contribution in [0.1, 0.15) is 15.4 Å². The smallest absolute Gasteiger partial charge is 0.408 e. The van der Waals surface area contributed by atoms with Crippen LogP contribution in [0.5, 0.6) is 0 Å². The molecule has 0 radical (unpaired) electrons. The van der Waals surface area contributed by atoms with Crippen LogP contribution in [0.15, 0.2) is 57.7 Å². The number of carbonyl (C=O) groups is 1. The highest BCUT2D eigenvalue weighted by Crippen LogP contribution is 2.28. The second-order valence-corrected chi connectivity index (χ2v) is 6.48. The zero-order valence-electron chi connectivity index (χ0n) is 13.2. The van der Waals surface area contributed by atoms with Crippen molar-refractivity contribution in [1.29, 1.82) is 0 Å². The van der Waals surface area contributed by atoms with Crippen LogP contribution in [-0.2, 0) is 0 Å². The van der Waals surface area contributed by atoms with Crippen molar-refractivity contribution in [3.05, 3.63) is 69.7 Å². The zero-order valence-corrected chi connectivity index (χ0v) is 14.0. The van der Waals surface area contributed by atoms with Crippen molar-refractivity contribution in [2.45, 2.75) is 6.92 Å². The minimum absolute atomic E-state index is 0.234. The van der Waals surface area contributed by atoms with E-state index < -0.39 is 5.76 Å². The summed E-state index contributed by atoms with van der Waals surface area (Å²) < 4.78 is 4.95. The topological polar surface area (TPSA) is 88.0 Å². The number of benzene rings is 2. The van der Waals surface area contributed by atoms with Crippen molar-refractivity contribution in [3.63, 3.8) is 0 Å². The first kappa shape index (κ1) is 15.3. The summed E-state index contributed by atoms with van der Waals surface area (Å²) in [6.45, 7) is 1.81. The Morgan fingerprint density at radius 1 is 1.20 bits per heavy atom. The molecule has 2 aromatic heterocycles. The molecule has 4 aromatic rings. The number of hydrogen-bond donors (Lipinski definition) is 2. The lowest BCUT2D eigenvalue weighted by molar-refractivity contribution is 0.103. The Labute approximate surface area is 146 Å². The first-order valence-corrected chi connectivity index (χ1v) is 8.39. The molecule has 2 N–H and O–H groups in total. The molecular weight excluding hydrogens is 338 g/mol. The fourth-order valence-corrected chi connectivity index (χ4v) is 3.50. The lowest BCUT2D eigenvalue weighted by Gasteiger charge is -2.03. The third kappa shape index (κ3) is 2.97. The van der Waals surface area contributed by atoms with Crippen molar-refractivity contribution < 1.29 is 9.21 Å². The number of oxazole rings is 1. The second-order valence-electron chi connectivity index (χ2n) is 5.48. The number of aromatic amines is 1. The number of rotatable bonds is 3. The van der Waals surface area contributed by atoms with Gasteiger partial charge in [-0.05, 0) is 25.1 Å². The van der Waals surface area contributed by atoms with Gasteiger partial charge in [-0.1, -0.05) is 30.3 Å². The van der Waals surface area contributed by atoms with E-state index in [1.54, 1.807) is 18.2 Å². The van der Waals surface area contributed by atoms with Gasteiger partial charge in [0.2, 0.25) is 0 Å². The predicted octanol–water partition coefficient (Wildman–Crippen LogP) is 3.81. The lowest BCUT2D eigenvalue weighted by Crippen LogP contribution is -2.11. The van der Waals surface area contributed by atoms with Gasteiger partial charge in [0, 0.05) is 11.3 Å². The van der Waals surface area contributed by atoms with Gasteiger partial charge >= 0.3 is 5.76 Å². The van der Waals surface area contributed by atoms with E-state index in [9.17, 15) is 9.59 Å². The standard InChI is InChI=1S/C18H13N3O3S/c1-10-15(25-17(19-10)11-5-3-2-4-6-11)16(22)20-12-7-8-14-13(9-12)21-18(23)24-14/h2-9H,1H3,(H,20,22)(H,21,23). The largest absolute Gasteiger partial charge is 0.417 e. The molecule has 0 saturated heterocycles. The number of amides is 1. The highest BCUT2D eigenvalue weighted by molar-refractivity contribution is 7.17. The highest BCUT2D eigenvalue weighted by Gasteiger charge is 2.16. The number of aryl methyl sites for hydroxylation is 1. The molecule has 7 heteroatoms. The first-order chi connectivity index (χ1) is 12.1. The minimum atomic E-state index is -0.524. The Bertz CT molecular complexity index is 1130. The Balaban J connectivity index is 1.62. The van der Waals surface area contributed by atoms with Crippen molar-refractivity contribution in [1.82, 2.24) is 9.97 Å². The molecule has 0 atom stereocenters. The molecular formula is C18H13N3O3S. The normalized spacial score (nSPS) is 10.9. The van der Waals surface area contributed by atoms with Gasteiger partial charge in [-0.2, -0.15) is 0 Å². The van der Waals surface area contributed by atoms with Crippen molar-refractivity contribution in [3.8, 4) is 10.6 Å². The molecule has 0 spiro atoms. The summed E-state index contributed by atoms with van der Waals surface area (Å²) in [4.78, 5) is 31.4. The minimum Gasteiger partial charge on any atom is -0.408 e. The molecule has 0 saturated carbocycles. The fraction of sp³-hybridized carbons (Fsp3) is 0.0556. The molecule has 124 valence electrons. The van der Waals surface area contributed by atoms with Crippen molar-refractivity contribution in [2.75, 3.05) is 5.32 Å². The van der Waals surface area contributed by atoms with Crippen LogP contribution in [0.3, 0.4) is 0 Å². The summed E-state index contributed by atoms with van der Waals surface area (Å²) >= 11 is 1.35. The number of anilines is 1. The lowest BCUT2D eigenvalue weighted by atomic mass is 10.2. The van der Waals surface area contributed by atoms with Crippen LogP contribution in [0.2, 0.25) is 0 Å². The maximum absolute atomic E-state index is 12.6. The molecule has 0 bridgehead atoms. The number of nitrogens with zero attached hydrogens (tertiary/aromatic N) is 1. The molecule has 0 aliphatic rings. The highest BCUT2D eigenvalue weighted by atomic mass is 32.1. The maximum atomic E-state index is 12.6. The predicted molar refractivity (Wildman–Crippen MR) is 97.1 cm³/mol. The van der Waals surface area contributed by atoms with E-state index in [1.165, 1.54) is 11.3 Å². The van der Waals surface area contributed by atoms with Crippen LogP contribution in [0.4, 0.5) is 5.69 Å². The van der Waals surface area contributed by atoms with E-state index >= 15 is 0 Å². The monoisotopic (exact) mass is 351 g/mol. The molecule has 2 heterocycles. The number of carbonyl (C=O) groups excluding carboxylic acids is 1. The van der Waals surface area contributed by atoms with Gasteiger partial charge in [-0.25, -0.2) is 9.78 Å². The Hall–Kier alpha value is -3.19. The Morgan fingerprint density at radius 2 is 2.00 bits per heavy atom. The summed E-state index contributed by atoms with van der Waals surface area (Å²) in [5.74, 6) is -0.758. The summed E-state index contributed by atoms with van der Waals surface area (Å²) in [6.07, 6.45) is 0. The number of thiazole rings is 1. The van der Waals surface area contributed by atoms with E-state index in [-0.39, 0.29) is 5.91 Å². The van der Waals surface area contributed by atoms with Gasteiger partial charge in [-0.15, -0.1) is 11.3 Å². The molecule has 2 aromatic carbocycles. The van der Waals surface area contributed by atoms with Crippen molar-refractivity contribution >= 4 is 34.0 Å². The third-order valence-corrected chi connectivity index (χ3v) is 4.91. The van der Waals surface area contributed by atoms with Crippen LogP contribution < -0.4 is 11.1 Å². The summed E-state index contributed by atoms with van der Waals surface area (Å²) in [5, 5.41) is 3.64. The number of H-pyrrole nitrogens is 1. The molecule has 0 aliphatic carbocycles. The molecule has 6 nitrogen and oxygen atoms in total. The number of nitrogens with one attached hydrogen (secondary N) is 2. The van der Waals surface area contributed by atoms with Crippen LogP contribution >= 0.6 is 11.3 Å². The van der Waals surface area contributed by atoms with Gasteiger partial charge < -0.3 is 9.73 Å². The summed E-state index contributed by atoms with van der Waals surface area (Å²) in [7, 11) is 0. The molecule has 0 aliphatic heterocycles. The van der Waals surface area contributed by atoms with Gasteiger partial charge in [0.25, 0.3) is 5.91 Å². The number of aromatic nitrogens is 2. The van der Waals surface area contributed by atoms with Gasteiger partial charge in [0.1, 0.15) is 9.88 Å². The van der Waals surface area contributed by atoms with Crippen LogP contribution in [0, 0.1) is 6.92 Å². The summed E-state index contributed by atoms with van der Waals surface area (Å²) in [5.41, 5.74) is 3.21. The SMILES string of the molecule is Cc1nc(-c2ccccc2)sc1C(=O)Nc1ccc2oc(=O)[nH]c2c1. The van der Waals surface area contributed by atoms with E-state index in [2.05, 4.69) is 15.3 Å².